The number of ether oxygens (including phenoxy) is 1. The predicted molar refractivity (Wildman–Crippen MR) is 65.8 cm³/mol. The zero-order chi connectivity index (χ0) is 12.7. The average Bonchev–Trinajstić information content (AvgIpc) is 2.32. The maximum Gasteiger partial charge on any atom is 0.250 e. The summed E-state index contributed by atoms with van der Waals surface area (Å²) in [5.74, 6) is -0.503. The van der Waals surface area contributed by atoms with E-state index in [4.69, 9.17) is 0 Å². The second kappa shape index (κ2) is 6.44. The Morgan fingerprint density at radius 1 is 1.24 bits per heavy atom. The summed E-state index contributed by atoms with van der Waals surface area (Å²) in [6, 6.07) is 6.74. The number of carbonyl (C=O) groups excluding carboxylic acids is 2. The molecule has 0 aliphatic carbocycles. The lowest BCUT2D eigenvalue weighted by Crippen LogP contribution is -2.17. The third-order valence-electron chi connectivity index (χ3n) is 1.90. The van der Waals surface area contributed by atoms with Crippen molar-refractivity contribution in [1.82, 2.24) is 0 Å². The highest BCUT2D eigenvalue weighted by atomic mass is 16.5. The van der Waals surface area contributed by atoms with E-state index in [-0.39, 0.29) is 18.4 Å². The molecular weight excluding hydrogens is 220 g/mol. The van der Waals surface area contributed by atoms with Crippen LogP contribution in [0.1, 0.15) is 0 Å². The minimum Gasteiger partial charge on any atom is -0.375 e. The summed E-state index contributed by atoms with van der Waals surface area (Å²) in [4.78, 5) is 22.2. The first-order valence-electron chi connectivity index (χ1n) is 4.98. The molecule has 90 valence electrons. The van der Waals surface area contributed by atoms with Gasteiger partial charge in [0.2, 0.25) is 11.8 Å². The molecule has 0 aliphatic heterocycles. The molecule has 1 rings (SSSR count). The Morgan fingerprint density at radius 2 is 1.76 bits per heavy atom. The lowest BCUT2D eigenvalue weighted by Gasteiger charge is -2.06. The van der Waals surface area contributed by atoms with E-state index in [1.165, 1.54) is 13.2 Å². The van der Waals surface area contributed by atoms with Gasteiger partial charge in [-0.2, -0.15) is 0 Å². The summed E-state index contributed by atoms with van der Waals surface area (Å²) in [7, 11) is 1.45. The normalized spacial score (nSPS) is 9.47. The molecule has 17 heavy (non-hydrogen) atoms. The molecule has 1 aromatic rings. The molecule has 0 saturated heterocycles. The van der Waals surface area contributed by atoms with Crippen LogP contribution in [0.3, 0.4) is 0 Å². The van der Waals surface area contributed by atoms with Crippen LogP contribution in [0.2, 0.25) is 0 Å². The molecule has 2 amide bonds. The molecule has 0 atom stereocenters. The van der Waals surface area contributed by atoms with Gasteiger partial charge in [-0.25, -0.2) is 0 Å². The van der Waals surface area contributed by atoms with E-state index in [1.54, 1.807) is 24.3 Å². The van der Waals surface area contributed by atoms with E-state index < -0.39 is 0 Å². The maximum atomic E-state index is 11.2. The predicted octanol–water partition coefficient (Wildman–Crippen LogP) is 1.40. The van der Waals surface area contributed by atoms with Gasteiger partial charge in [-0.15, -0.1) is 0 Å². The zero-order valence-electron chi connectivity index (χ0n) is 9.53. The van der Waals surface area contributed by atoms with Crippen LogP contribution in [0, 0.1) is 0 Å². The minimum atomic E-state index is -0.277. The first-order valence-corrected chi connectivity index (χ1v) is 4.98. The molecule has 0 bridgehead atoms. The Balaban J connectivity index is 2.58. The first kappa shape index (κ1) is 12.9. The lowest BCUT2D eigenvalue weighted by molar-refractivity contribution is -0.119. The highest BCUT2D eigenvalue weighted by Crippen LogP contribution is 2.13. The van der Waals surface area contributed by atoms with Gasteiger partial charge in [0, 0.05) is 18.5 Å². The number of benzene rings is 1. The molecule has 0 radical (unpaired) electrons. The molecule has 0 aliphatic rings. The van der Waals surface area contributed by atoms with Gasteiger partial charge in [0.05, 0.1) is 0 Å². The molecule has 2 N–H and O–H groups in total. The number of rotatable bonds is 5. The number of methoxy groups -OCH3 is 1. The van der Waals surface area contributed by atoms with E-state index in [1.807, 2.05) is 0 Å². The number of hydrogen-bond donors (Lipinski definition) is 2. The summed E-state index contributed by atoms with van der Waals surface area (Å²) in [6.45, 7) is 3.36. The molecule has 1 aromatic carbocycles. The van der Waals surface area contributed by atoms with Crippen LogP contribution in [-0.4, -0.2) is 25.5 Å². The van der Waals surface area contributed by atoms with Gasteiger partial charge in [-0.05, 0) is 30.3 Å². The van der Waals surface area contributed by atoms with Crippen molar-refractivity contribution in [2.75, 3.05) is 24.4 Å². The summed E-state index contributed by atoms with van der Waals surface area (Å²) < 4.78 is 4.69. The van der Waals surface area contributed by atoms with Crippen LogP contribution in [0.25, 0.3) is 0 Å². The zero-order valence-corrected chi connectivity index (χ0v) is 9.53. The molecule has 5 heteroatoms. The highest BCUT2D eigenvalue weighted by molar-refractivity contribution is 5.99. The van der Waals surface area contributed by atoms with Crippen molar-refractivity contribution in [3.8, 4) is 0 Å². The number of hydrogen-bond acceptors (Lipinski definition) is 3. The van der Waals surface area contributed by atoms with E-state index >= 15 is 0 Å². The van der Waals surface area contributed by atoms with Gasteiger partial charge >= 0.3 is 0 Å². The van der Waals surface area contributed by atoms with Gasteiger partial charge < -0.3 is 15.4 Å². The van der Waals surface area contributed by atoms with Crippen molar-refractivity contribution in [2.24, 2.45) is 0 Å². The smallest absolute Gasteiger partial charge is 0.250 e. The van der Waals surface area contributed by atoms with Gasteiger partial charge in [0.1, 0.15) is 6.61 Å². The van der Waals surface area contributed by atoms with Gasteiger partial charge in [0.15, 0.2) is 0 Å². The summed E-state index contributed by atoms with van der Waals surface area (Å²) in [5, 5.41) is 5.24. The summed E-state index contributed by atoms with van der Waals surface area (Å²) >= 11 is 0. The molecule has 0 saturated carbocycles. The largest absolute Gasteiger partial charge is 0.375 e. The molecule has 0 aromatic heterocycles. The topological polar surface area (TPSA) is 67.4 Å². The van der Waals surface area contributed by atoms with Crippen LogP contribution < -0.4 is 10.6 Å². The van der Waals surface area contributed by atoms with Crippen molar-refractivity contribution in [3.63, 3.8) is 0 Å². The van der Waals surface area contributed by atoms with Crippen molar-refractivity contribution in [1.29, 1.82) is 0 Å². The van der Waals surface area contributed by atoms with E-state index in [9.17, 15) is 9.59 Å². The summed E-state index contributed by atoms with van der Waals surface area (Å²) in [6.07, 6.45) is 1.19. The summed E-state index contributed by atoms with van der Waals surface area (Å²) in [5.41, 5.74) is 1.28. The fourth-order valence-electron chi connectivity index (χ4n) is 1.16. The van der Waals surface area contributed by atoms with Crippen molar-refractivity contribution in [3.05, 3.63) is 36.9 Å². The van der Waals surface area contributed by atoms with Crippen molar-refractivity contribution in [2.45, 2.75) is 0 Å². The van der Waals surface area contributed by atoms with E-state index in [0.717, 1.165) is 0 Å². The third kappa shape index (κ3) is 4.48. The monoisotopic (exact) mass is 234 g/mol. The number of nitrogens with one attached hydrogen (secondary N) is 2. The standard InChI is InChI=1S/C12H14N2O3/c1-3-11(15)13-9-4-6-10(7-5-9)14-12(16)8-17-2/h3-7H,1,8H2,2H3,(H,13,15)(H,14,16). The fourth-order valence-corrected chi connectivity index (χ4v) is 1.16. The fraction of sp³-hybridized carbons (Fsp3) is 0.167. The Hall–Kier alpha value is -2.14. The SMILES string of the molecule is C=CC(=O)Nc1ccc(NC(=O)COC)cc1. The Labute approximate surface area is 99.5 Å². The van der Waals surface area contributed by atoms with Crippen LogP contribution in [-0.2, 0) is 14.3 Å². The van der Waals surface area contributed by atoms with E-state index in [2.05, 4.69) is 21.9 Å². The minimum absolute atomic E-state index is 0.00888. The van der Waals surface area contributed by atoms with Gasteiger partial charge in [-0.3, -0.25) is 9.59 Å². The number of amides is 2. The average molecular weight is 234 g/mol. The van der Waals surface area contributed by atoms with Crippen molar-refractivity contribution >= 4 is 23.2 Å². The Kier molecular flexibility index (Phi) is 4.90. The second-order valence-corrected chi connectivity index (χ2v) is 3.25. The van der Waals surface area contributed by atoms with Gasteiger partial charge in [0.25, 0.3) is 0 Å². The van der Waals surface area contributed by atoms with Crippen LogP contribution in [0.5, 0.6) is 0 Å². The van der Waals surface area contributed by atoms with Crippen LogP contribution in [0.4, 0.5) is 11.4 Å². The Bertz CT molecular complexity index is 412. The second-order valence-electron chi connectivity index (χ2n) is 3.25. The number of anilines is 2. The quantitative estimate of drug-likeness (QED) is 0.757. The van der Waals surface area contributed by atoms with E-state index in [0.29, 0.717) is 11.4 Å². The van der Waals surface area contributed by atoms with Crippen LogP contribution >= 0.6 is 0 Å². The molecule has 5 nitrogen and oxygen atoms in total. The van der Waals surface area contributed by atoms with Gasteiger partial charge in [-0.1, -0.05) is 6.58 Å². The molecule has 0 unspecified atom stereocenters. The lowest BCUT2D eigenvalue weighted by atomic mass is 10.2. The maximum absolute atomic E-state index is 11.2. The molecule has 0 heterocycles. The molecular formula is C12H14N2O3. The van der Waals surface area contributed by atoms with Crippen molar-refractivity contribution < 1.29 is 14.3 Å². The first-order chi connectivity index (χ1) is 8.15. The third-order valence-corrected chi connectivity index (χ3v) is 1.90. The van der Waals surface area contributed by atoms with Crippen LogP contribution in [0.15, 0.2) is 36.9 Å². The number of carbonyl (C=O) groups is 2. The Morgan fingerprint density at radius 3 is 2.24 bits per heavy atom. The molecule has 0 fully saturated rings. The highest BCUT2D eigenvalue weighted by Gasteiger charge is 2.01. The molecule has 0 spiro atoms.